The van der Waals surface area contributed by atoms with E-state index in [1.54, 1.807) is 12.1 Å². The molecule has 0 spiro atoms. The van der Waals surface area contributed by atoms with Gasteiger partial charge in [-0.1, -0.05) is 26.0 Å². The Kier molecular flexibility index (Phi) is 1.65. The molecular weight excluding hydrogens is 244 g/mol. The minimum atomic E-state index is -0.317. The lowest BCUT2D eigenvalue weighted by atomic mass is 9.78. The smallest absolute Gasteiger partial charge is 0.216 e. The molecule has 0 radical (unpaired) electrons. The molecule has 0 saturated heterocycles. The van der Waals surface area contributed by atoms with Gasteiger partial charge in [0.1, 0.15) is 5.75 Å². The largest absolute Gasteiger partial charge is 0.508 e. The van der Waals surface area contributed by atoms with Crippen molar-refractivity contribution in [1.29, 1.82) is 0 Å². The molecule has 2 heterocycles. The number of aromatic hydroxyl groups is 2. The summed E-state index contributed by atoms with van der Waals surface area (Å²) in [6.45, 7) is 4.13. The van der Waals surface area contributed by atoms with Crippen LogP contribution >= 0.6 is 0 Å². The topological polar surface area (TPSA) is 66.7 Å². The quantitative estimate of drug-likeness (QED) is 0.572. The number of rotatable bonds is 2. The first-order valence-electron chi connectivity index (χ1n) is 6.09. The van der Waals surface area contributed by atoms with E-state index in [-0.39, 0.29) is 16.9 Å². The van der Waals surface area contributed by atoms with Crippen LogP contribution < -0.4 is 0 Å². The van der Waals surface area contributed by atoms with E-state index in [1.165, 1.54) is 0 Å². The van der Waals surface area contributed by atoms with Crippen molar-refractivity contribution < 1.29 is 19.0 Å². The summed E-state index contributed by atoms with van der Waals surface area (Å²) in [5.41, 5.74) is 4.17. The fourth-order valence-electron chi connectivity index (χ4n) is 2.59. The van der Waals surface area contributed by atoms with Gasteiger partial charge in [0.15, 0.2) is 11.2 Å². The maximum Gasteiger partial charge on any atom is 0.216 e. The maximum atomic E-state index is 9.72. The Morgan fingerprint density at radius 3 is 1.89 bits per heavy atom. The number of hydrogen-bond donors (Lipinski definition) is 2. The average molecular weight is 256 g/mol. The summed E-state index contributed by atoms with van der Waals surface area (Å²) < 4.78 is 10.7. The van der Waals surface area contributed by atoms with Crippen LogP contribution in [-0.2, 0) is 5.41 Å². The molecule has 2 aromatic heterocycles. The monoisotopic (exact) mass is 256 g/mol. The highest BCUT2D eigenvalue weighted by atomic mass is 16.4. The molecule has 0 fully saturated rings. The van der Waals surface area contributed by atoms with Gasteiger partial charge < -0.3 is 19.0 Å². The van der Waals surface area contributed by atoms with Crippen LogP contribution in [0.15, 0.2) is 33.1 Å². The number of benzene rings is 2. The molecule has 0 unspecified atom stereocenters. The Hall–Kier alpha value is -2.36. The molecule has 2 N–H and O–H groups in total. The van der Waals surface area contributed by atoms with Crippen molar-refractivity contribution in [1.82, 2.24) is 0 Å². The zero-order valence-electron chi connectivity index (χ0n) is 10.5. The molecule has 0 saturated carbocycles. The second kappa shape index (κ2) is 2.96. The van der Waals surface area contributed by atoms with Gasteiger partial charge in [-0.05, 0) is 17.7 Å². The van der Waals surface area contributed by atoms with Crippen LogP contribution in [0.1, 0.15) is 25.0 Å². The number of hydrogen-bond acceptors (Lipinski definition) is 4. The number of phenols is 2. The molecule has 0 aliphatic rings. The molecular formula is C15H12O4. The summed E-state index contributed by atoms with van der Waals surface area (Å²) in [5.74, 6) is 0.347. The average Bonchev–Trinajstić information content (AvgIpc) is 3.22. The standard InChI is InChI=1S/C15H12O4/c1-15(2,7-3-5-8(16)6-4-7)9-11-13(18-11)10(17)14-12(9)19-14/h3-6,16-17H,1-2H3. The normalized spacial score (nSPS) is 13.2. The summed E-state index contributed by atoms with van der Waals surface area (Å²) in [4.78, 5) is 0. The van der Waals surface area contributed by atoms with Gasteiger partial charge in [-0.15, -0.1) is 0 Å². The van der Waals surface area contributed by atoms with Gasteiger partial charge >= 0.3 is 0 Å². The predicted octanol–water partition coefficient (Wildman–Crippen LogP) is 3.79. The fourth-order valence-corrected chi connectivity index (χ4v) is 2.59. The van der Waals surface area contributed by atoms with E-state index in [2.05, 4.69) is 13.8 Å². The summed E-state index contributed by atoms with van der Waals surface area (Å²) in [6, 6.07) is 7.09. The summed E-state index contributed by atoms with van der Waals surface area (Å²) >= 11 is 0. The van der Waals surface area contributed by atoms with Crippen LogP contribution in [0.25, 0.3) is 22.3 Å². The van der Waals surface area contributed by atoms with Gasteiger partial charge in [-0.2, -0.15) is 0 Å². The Bertz CT molecular complexity index is 807. The zero-order chi connectivity index (χ0) is 13.4. The zero-order valence-corrected chi connectivity index (χ0v) is 10.5. The van der Waals surface area contributed by atoms with Crippen LogP contribution in [0.2, 0.25) is 0 Å². The molecule has 4 rings (SSSR count). The first-order chi connectivity index (χ1) is 9.00. The summed E-state index contributed by atoms with van der Waals surface area (Å²) in [6.07, 6.45) is 0. The molecule has 0 atom stereocenters. The second-order valence-electron chi connectivity index (χ2n) is 5.42. The maximum absolute atomic E-state index is 9.72. The number of phenolic OH excluding ortho intramolecular Hbond substituents is 2. The minimum Gasteiger partial charge on any atom is -0.508 e. The van der Waals surface area contributed by atoms with E-state index in [4.69, 9.17) is 8.83 Å². The molecule has 2 aromatic carbocycles. The van der Waals surface area contributed by atoms with E-state index in [0.29, 0.717) is 22.3 Å². The van der Waals surface area contributed by atoms with E-state index in [0.717, 1.165) is 11.1 Å². The highest BCUT2D eigenvalue weighted by Crippen LogP contribution is 2.53. The first-order valence-corrected chi connectivity index (χ1v) is 6.09. The van der Waals surface area contributed by atoms with Gasteiger partial charge in [0.25, 0.3) is 0 Å². The highest BCUT2D eigenvalue weighted by molar-refractivity contribution is 6.08. The third kappa shape index (κ3) is 1.28. The van der Waals surface area contributed by atoms with Crippen molar-refractivity contribution in [3.8, 4) is 11.5 Å². The lowest BCUT2D eigenvalue weighted by Gasteiger charge is -2.23. The Balaban J connectivity index is 1.92. The van der Waals surface area contributed by atoms with Crippen molar-refractivity contribution in [2.75, 3.05) is 0 Å². The van der Waals surface area contributed by atoms with Crippen molar-refractivity contribution in [3.63, 3.8) is 0 Å². The van der Waals surface area contributed by atoms with Crippen molar-refractivity contribution in [2.45, 2.75) is 19.3 Å². The molecule has 96 valence electrons. The second-order valence-corrected chi connectivity index (χ2v) is 5.42. The van der Waals surface area contributed by atoms with Crippen molar-refractivity contribution in [3.05, 3.63) is 35.4 Å². The van der Waals surface area contributed by atoms with Crippen LogP contribution in [0.4, 0.5) is 0 Å². The predicted molar refractivity (Wildman–Crippen MR) is 70.3 cm³/mol. The van der Waals surface area contributed by atoms with Crippen LogP contribution in [-0.4, -0.2) is 10.2 Å². The Morgan fingerprint density at radius 1 is 0.842 bits per heavy atom. The highest BCUT2D eigenvalue weighted by Gasteiger charge is 2.39. The molecule has 0 amide bonds. The van der Waals surface area contributed by atoms with Gasteiger partial charge in [0, 0.05) is 5.41 Å². The Morgan fingerprint density at radius 2 is 1.37 bits per heavy atom. The van der Waals surface area contributed by atoms with Crippen LogP contribution in [0, 0.1) is 0 Å². The molecule has 4 nitrogen and oxygen atoms in total. The van der Waals surface area contributed by atoms with E-state index in [1.807, 2.05) is 12.1 Å². The van der Waals surface area contributed by atoms with Gasteiger partial charge in [0.05, 0.1) is 5.56 Å². The van der Waals surface area contributed by atoms with E-state index >= 15 is 0 Å². The number of fused-ring (bicyclic) bond motifs is 2. The molecule has 0 aliphatic heterocycles. The molecule has 4 heteroatoms. The molecule has 19 heavy (non-hydrogen) atoms. The first kappa shape index (κ1) is 10.6. The molecule has 4 aromatic rings. The Labute approximate surface area is 108 Å². The lowest BCUT2D eigenvalue weighted by molar-refractivity contribution is 0.474. The van der Waals surface area contributed by atoms with E-state index in [9.17, 15) is 10.2 Å². The van der Waals surface area contributed by atoms with Crippen LogP contribution in [0.5, 0.6) is 11.5 Å². The summed E-state index contributed by atoms with van der Waals surface area (Å²) in [7, 11) is 0. The lowest BCUT2D eigenvalue weighted by Crippen LogP contribution is -2.18. The third-order valence-electron chi connectivity index (χ3n) is 3.84. The van der Waals surface area contributed by atoms with Gasteiger partial charge in [-0.3, -0.25) is 0 Å². The third-order valence-corrected chi connectivity index (χ3v) is 3.84. The van der Waals surface area contributed by atoms with Crippen molar-refractivity contribution >= 4 is 22.3 Å². The van der Waals surface area contributed by atoms with E-state index < -0.39 is 0 Å². The molecule has 0 bridgehead atoms. The van der Waals surface area contributed by atoms with Crippen LogP contribution in [0.3, 0.4) is 0 Å². The van der Waals surface area contributed by atoms with Gasteiger partial charge in [0.2, 0.25) is 16.9 Å². The fraction of sp³-hybridized carbons (Fsp3) is 0.200. The summed E-state index contributed by atoms with van der Waals surface area (Å²) in [5, 5.41) is 19.1. The molecule has 0 aliphatic carbocycles. The van der Waals surface area contributed by atoms with Gasteiger partial charge in [-0.25, -0.2) is 0 Å². The SMILES string of the molecule is CC(C)(c1ccc(O)cc1)c1c2oc2c(O)c2oc12. The van der Waals surface area contributed by atoms with Crippen molar-refractivity contribution in [2.24, 2.45) is 0 Å². The minimum absolute atomic E-state index is 0.107.